The largest absolute Gasteiger partial charge is 0.378 e. The molecule has 0 bridgehead atoms. The molecule has 1 amide bonds. The van der Waals surface area contributed by atoms with Gasteiger partial charge in [0.25, 0.3) is 0 Å². The van der Waals surface area contributed by atoms with Crippen molar-refractivity contribution in [2.75, 3.05) is 6.61 Å². The zero-order chi connectivity index (χ0) is 13.2. The number of imidazole rings is 1. The van der Waals surface area contributed by atoms with Crippen LogP contribution in [0.5, 0.6) is 0 Å². The summed E-state index contributed by atoms with van der Waals surface area (Å²) in [5.74, 6) is 0.0766. The third-order valence-corrected chi connectivity index (χ3v) is 3.88. The molecule has 0 aliphatic carbocycles. The monoisotopic (exact) mass is 264 g/mol. The van der Waals surface area contributed by atoms with Crippen molar-refractivity contribution in [3.63, 3.8) is 0 Å². The van der Waals surface area contributed by atoms with Crippen molar-refractivity contribution in [2.24, 2.45) is 0 Å². The molecule has 0 saturated carbocycles. The number of ether oxygens (including phenoxy) is 1. The highest BCUT2D eigenvalue weighted by atomic mass is 16.5. The molecule has 3 unspecified atom stereocenters. The lowest BCUT2D eigenvalue weighted by Crippen LogP contribution is -2.52. The molecule has 0 spiro atoms. The average Bonchev–Trinajstić information content (AvgIpc) is 2.85. The number of carbonyl (C=O) groups excluding carboxylic acids is 1. The van der Waals surface area contributed by atoms with Crippen LogP contribution in [0.2, 0.25) is 0 Å². The van der Waals surface area contributed by atoms with Gasteiger partial charge in [0.2, 0.25) is 5.91 Å². The Balaban J connectivity index is 1.56. The maximum absolute atomic E-state index is 12.3. The van der Waals surface area contributed by atoms with E-state index < -0.39 is 0 Å². The lowest BCUT2D eigenvalue weighted by molar-refractivity contribution is -0.125. The molecule has 3 rings (SSSR count). The van der Waals surface area contributed by atoms with Crippen molar-refractivity contribution in [1.82, 2.24) is 20.6 Å². The number of H-pyrrole nitrogens is 1. The molecule has 6 heteroatoms. The molecule has 3 atom stereocenters. The highest BCUT2D eigenvalue weighted by Crippen LogP contribution is 2.15. The summed E-state index contributed by atoms with van der Waals surface area (Å²) in [6.07, 6.45) is 4.37. The lowest BCUT2D eigenvalue weighted by Gasteiger charge is -2.30. The number of rotatable bonds is 2. The van der Waals surface area contributed by atoms with E-state index >= 15 is 0 Å². The van der Waals surface area contributed by atoms with Crippen LogP contribution in [0.25, 0.3) is 0 Å². The fourth-order valence-corrected chi connectivity index (χ4v) is 2.79. The Hall–Kier alpha value is -1.40. The molecule has 0 radical (unpaired) electrons. The average molecular weight is 264 g/mol. The fraction of sp³-hybridized carbons (Fsp3) is 0.692. The van der Waals surface area contributed by atoms with E-state index in [1.54, 1.807) is 6.33 Å². The van der Waals surface area contributed by atoms with Crippen LogP contribution in [0.1, 0.15) is 31.2 Å². The number of nitrogens with zero attached hydrogens (tertiary/aromatic N) is 1. The van der Waals surface area contributed by atoms with Gasteiger partial charge in [0.1, 0.15) is 0 Å². The number of fused-ring (bicyclic) bond motifs is 1. The van der Waals surface area contributed by atoms with E-state index in [0.29, 0.717) is 13.0 Å². The Morgan fingerprint density at radius 3 is 3.32 bits per heavy atom. The highest BCUT2D eigenvalue weighted by Gasteiger charge is 2.28. The molecular weight excluding hydrogens is 244 g/mol. The van der Waals surface area contributed by atoms with Crippen molar-refractivity contribution in [3.8, 4) is 0 Å². The maximum atomic E-state index is 12.3. The van der Waals surface area contributed by atoms with Gasteiger partial charge in [-0.15, -0.1) is 0 Å². The Kier molecular flexibility index (Phi) is 3.52. The summed E-state index contributed by atoms with van der Waals surface area (Å²) in [5, 5.41) is 6.37. The Bertz CT molecular complexity index is 459. The second-order valence-corrected chi connectivity index (χ2v) is 5.38. The summed E-state index contributed by atoms with van der Waals surface area (Å²) in [4.78, 5) is 19.6. The number of carbonyl (C=O) groups is 1. The molecule has 3 N–H and O–H groups in total. The van der Waals surface area contributed by atoms with Gasteiger partial charge in [-0.1, -0.05) is 0 Å². The SMILES string of the molecule is CC1CC(NC(=O)C2Cc3nc[nH]c3CN2)CCO1. The quantitative estimate of drug-likeness (QED) is 0.708. The molecule has 1 aromatic heterocycles. The molecule has 2 aliphatic rings. The summed E-state index contributed by atoms with van der Waals surface area (Å²) >= 11 is 0. The summed E-state index contributed by atoms with van der Waals surface area (Å²) in [5.41, 5.74) is 2.09. The first kappa shape index (κ1) is 12.6. The van der Waals surface area contributed by atoms with E-state index in [1.807, 2.05) is 6.92 Å². The smallest absolute Gasteiger partial charge is 0.237 e. The molecule has 6 nitrogen and oxygen atoms in total. The van der Waals surface area contributed by atoms with Gasteiger partial charge < -0.3 is 15.0 Å². The van der Waals surface area contributed by atoms with Gasteiger partial charge in [-0.2, -0.15) is 0 Å². The van der Waals surface area contributed by atoms with Crippen LogP contribution in [0.15, 0.2) is 6.33 Å². The molecule has 104 valence electrons. The van der Waals surface area contributed by atoms with Crippen LogP contribution in [0.4, 0.5) is 0 Å². The first-order valence-electron chi connectivity index (χ1n) is 6.89. The van der Waals surface area contributed by atoms with Crippen LogP contribution in [0, 0.1) is 0 Å². The first-order chi connectivity index (χ1) is 9.22. The van der Waals surface area contributed by atoms with Gasteiger partial charge in [-0.3, -0.25) is 10.1 Å². The van der Waals surface area contributed by atoms with Gasteiger partial charge in [-0.25, -0.2) is 4.98 Å². The second kappa shape index (κ2) is 5.30. The van der Waals surface area contributed by atoms with Crippen molar-refractivity contribution < 1.29 is 9.53 Å². The molecule has 1 saturated heterocycles. The third kappa shape index (κ3) is 2.79. The van der Waals surface area contributed by atoms with E-state index in [2.05, 4.69) is 20.6 Å². The van der Waals surface area contributed by atoms with Gasteiger partial charge in [-0.05, 0) is 19.8 Å². The number of hydrogen-bond donors (Lipinski definition) is 3. The van der Waals surface area contributed by atoms with Gasteiger partial charge >= 0.3 is 0 Å². The molecule has 1 aromatic rings. The van der Waals surface area contributed by atoms with Crippen molar-refractivity contribution in [3.05, 3.63) is 17.7 Å². The molecule has 3 heterocycles. The molecular formula is C13H20N4O2. The number of amides is 1. The summed E-state index contributed by atoms with van der Waals surface area (Å²) in [7, 11) is 0. The van der Waals surface area contributed by atoms with Crippen LogP contribution >= 0.6 is 0 Å². The topological polar surface area (TPSA) is 79.0 Å². The van der Waals surface area contributed by atoms with Crippen molar-refractivity contribution in [2.45, 2.75) is 50.9 Å². The first-order valence-corrected chi connectivity index (χ1v) is 6.89. The predicted molar refractivity (Wildman–Crippen MR) is 69.5 cm³/mol. The van der Waals surface area contributed by atoms with Gasteiger partial charge in [0.05, 0.1) is 29.9 Å². The molecule has 0 aromatic carbocycles. The zero-order valence-electron chi connectivity index (χ0n) is 11.1. The summed E-state index contributed by atoms with van der Waals surface area (Å²) in [6, 6.07) is 0.0626. The maximum Gasteiger partial charge on any atom is 0.237 e. The van der Waals surface area contributed by atoms with E-state index in [-0.39, 0.29) is 24.1 Å². The summed E-state index contributed by atoms with van der Waals surface area (Å²) < 4.78 is 5.49. The number of hydrogen-bond acceptors (Lipinski definition) is 4. The number of aromatic nitrogens is 2. The van der Waals surface area contributed by atoms with Crippen molar-refractivity contribution in [1.29, 1.82) is 0 Å². The van der Waals surface area contributed by atoms with Crippen LogP contribution in [-0.2, 0) is 22.5 Å². The minimum Gasteiger partial charge on any atom is -0.378 e. The van der Waals surface area contributed by atoms with Crippen LogP contribution in [0.3, 0.4) is 0 Å². The van der Waals surface area contributed by atoms with E-state index in [1.165, 1.54) is 0 Å². The second-order valence-electron chi connectivity index (χ2n) is 5.38. The van der Waals surface area contributed by atoms with E-state index in [9.17, 15) is 4.79 Å². The number of aromatic amines is 1. The van der Waals surface area contributed by atoms with E-state index in [4.69, 9.17) is 4.74 Å². The zero-order valence-corrected chi connectivity index (χ0v) is 11.1. The van der Waals surface area contributed by atoms with Crippen LogP contribution < -0.4 is 10.6 Å². The minimum absolute atomic E-state index is 0.0766. The van der Waals surface area contributed by atoms with E-state index in [0.717, 1.165) is 30.8 Å². The lowest BCUT2D eigenvalue weighted by atomic mass is 10.0. The standard InChI is InChI=1S/C13H20N4O2/c1-8-4-9(2-3-19-8)17-13(18)11-5-10-12(6-14-11)16-7-15-10/h7-9,11,14H,2-6H2,1H3,(H,15,16)(H,17,18). The fourth-order valence-electron chi connectivity index (χ4n) is 2.79. The Labute approximate surface area is 112 Å². The molecule has 1 fully saturated rings. The van der Waals surface area contributed by atoms with Crippen LogP contribution in [-0.4, -0.2) is 40.7 Å². The van der Waals surface area contributed by atoms with Crippen molar-refractivity contribution >= 4 is 5.91 Å². The minimum atomic E-state index is -0.172. The molecule has 19 heavy (non-hydrogen) atoms. The Morgan fingerprint density at radius 1 is 1.58 bits per heavy atom. The predicted octanol–water partition coefficient (Wildman–Crippen LogP) is 0.108. The number of nitrogens with one attached hydrogen (secondary N) is 3. The normalized spacial score (nSPS) is 30.7. The molecule has 2 aliphatic heterocycles. The highest BCUT2D eigenvalue weighted by molar-refractivity contribution is 5.82. The third-order valence-electron chi connectivity index (χ3n) is 3.88. The van der Waals surface area contributed by atoms with Gasteiger partial charge in [0, 0.05) is 25.6 Å². The van der Waals surface area contributed by atoms with Gasteiger partial charge in [0.15, 0.2) is 0 Å². The Morgan fingerprint density at radius 2 is 2.47 bits per heavy atom. The summed E-state index contributed by atoms with van der Waals surface area (Å²) in [6.45, 7) is 3.46.